The number of aromatic nitrogens is 2. The van der Waals surface area contributed by atoms with E-state index in [-0.39, 0.29) is 11.6 Å². The average Bonchev–Trinajstić information content (AvgIpc) is 2.77. The van der Waals surface area contributed by atoms with E-state index >= 15 is 0 Å². The summed E-state index contributed by atoms with van der Waals surface area (Å²) in [6, 6.07) is 18.5. The predicted molar refractivity (Wildman–Crippen MR) is 108 cm³/mol. The molecule has 7 heteroatoms. The molecule has 0 radical (unpaired) electrons. The van der Waals surface area contributed by atoms with Crippen LogP contribution in [0.3, 0.4) is 0 Å². The Morgan fingerprint density at radius 1 is 0.964 bits per heavy atom. The van der Waals surface area contributed by atoms with Crippen molar-refractivity contribution < 1.29 is 14.3 Å². The lowest BCUT2D eigenvalue weighted by Gasteiger charge is -2.16. The number of carbonyl (C=O) groups is 1. The van der Waals surface area contributed by atoms with E-state index in [1.165, 1.54) is 0 Å². The second kappa shape index (κ2) is 8.85. The van der Waals surface area contributed by atoms with E-state index in [0.29, 0.717) is 23.9 Å². The Hall–Kier alpha value is -3.61. The van der Waals surface area contributed by atoms with Crippen molar-refractivity contribution in [2.45, 2.75) is 6.54 Å². The van der Waals surface area contributed by atoms with Crippen molar-refractivity contribution in [3.8, 4) is 11.5 Å². The van der Waals surface area contributed by atoms with Gasteiger partial charge in [0.05, 0.1) is 14.2 Å². The average molecular weight is 378 g/mol. The molecule has 2 aromatic carbocycles. The molecule has 0 saturated heterocycles. The number of nitrogens with zero attached hydrogens (tertiary/aromatic N) is 3. The minimum atomic E-state index is -0.217. The zero-order chi connectivity index (χ0) is 19.9. The van der Waals surface area contributed by atoms with E-state index in [4.69, 9.17) is 9.47 Å². The van der Waals surface area contributed by atoms with Crippen LogP contribution in [0.4, 0.5) is 11.5 Å². The summed E-state index contributed by atoms with van der Waals surface area (Å²) in [5.74, 6) is 1.70. The smallest absolute Gasteiger partial charge is 0.278 e. The molecule has 0 saturated carbocycles. The number of hydrogen-bond donors (Lipinski definition) is 1. The van der Waals surface area contributed by atoms with Crippen LogP contribution in [0.1, 0.15) is 16.1 Å². The quantitative estimate of drug-likeness (QED) is 0.679. The molecule has 144 valence electrons. The van der Waals surface area contributed by atoms with Crippen molar-refractivity contribution in [2.75, 3.05) is 31.5 Å². The van der Waals surface area contributed by atoms with E-state index in [1.54, 1.807) is 38.3 Å². The maximum absolute atomic E-state index is 12.5. The number of nitrogens with one attached hydrogen (secondary N) is 1. The fourth-order valence-electron chi connectivity index (χ4n) is 2.66. The summed E-state index contributed by atoms with van der Waals surface area (Å²) >= 11 is 0. The molecular formula is C21H22N4O3. The monoisotopic (exact) mass is 378 g/mol. The number of hydrogen-bond acceptors (Lipinski definition) is 6. The summed E-state index contributed by atoms with van der Waals surface area (Å²) in [5.41, 5.74) is 2.08. The first kappa shape index (κ1) is 19.2. The minimum Gasteiger partial charge on any atom is -0.493 e. The normalized spacial score (nSPS) is 10.2. The number of methoxy groups -OCH3 is 2. The fraction of sp³-hybridized carbons (Fsp3) is 0.190. The molecule has 0 aliphatic rings. The number of carbonyl (C=O) groups excluding carboxylic acids is 1. The highest BCUT2D eigenvalue weighted by Crippen LogP contribution is 2.27. The van der Waals surface area contributed by atoms with E-state index in [9.17, 15) is 4.79 Å². The fourth-order valence-corrected chi connectivity index (χ4v) is 2.66. The second-order valence-corrected chi connectivity index (χ2v) is 6.05. The molecule has 0 unspecified atom stereocenters. The van der Waals surface area contributed by atoms with Crippen molar-refractivity contribution in [1.82, 2.24) is 10.2 Å². The van der Waals surface area contributed by atoms with Gasteiger partial charge in [0.2, 0.25) is 0 Å². The van der Waals surface area contributed by atoms with Gasteiger partial charge in [-0.1, -0.05) is 24.3 Å². The van der Waals surface area contributed by atoms with E-state index in [1.807, 2.05) is 48.5 Å². The Balaban J connectivity index is 1.64. The summed E-state index contributed by atoms with van der Waals surface area (Å²) in [4.78, 5) is 14.1. The number of ether oxygens (including phenoxy) is 2. The minimum absolute atomic E-state index is 0.217. The van der Waals surface area contributed by atoms with Gasteiger partial charge in [0.25, 0.3) is 5.91 Å². The van der Waals surface area contributed by atoms with Gasteiger partial charge in [0, 0.05) is 19.3 Å². The van der Waals surface area contributed by atoms with Crippen molar-refractivity contribution in [2.24, 2.45) is 0 Å². The predicted octanol–water partition coefficient (Wildman–Crippen LogP) is 3.38. The maximum atomic E-state index is 12.5. The molecule has 3 rings (SSSR count). The lowest BCUT2D eigenvalue weighted by molar-refractivity contribution is 0.0987. The highest BCUT2D eigenvalue weighted by atomic mass is 16.5. The van der Waals surface area contributed by atoms with Crippen LogP contribution in [0.2, 0.25) is 0 Å². The Kier molecular flexibility index (Phi) is 6.06. The number of rotatable bonds is 7. The third kappa shape index (κ3) is 4.37. The lowest BCUT2D eigenvalue weighted by Crippen LogP contribution is -2.27. The number of para-hydroxylation sites is 1. The standard InChI is InChI=1S/C21H22N4O3/c1-25(16-7-5-4-6-8-16)21(26)17-10-12-20(24-23-17)22-14-15-9-11-18(27-2)19(13-15)28-3/h4-13H,14H2,1-3H3,(H,22,24). The van der Waals surface area contributed by atoms with Gasteiger partial charge in [-0.05, 0) is 42.0 Å². The van der Waals surface area contributed by atoms with Crippen LogP contribution in [0.5, 0.6) is 11.5 Å². The van der Waals surface area contributed by atoms with Gasteiger partial charge in [0.15, 0.2) is 17.2 Å². The van der Waals surface area contributed by atoms with Crippen LogP contribution < -0.4 is 19.7 Å². The van der Waals surface area contributed by atoms with Gasteiger partial charge in [-0.2, -0.15) is 0 Å². The summed E-state index contributed by atoms with van der Waals surface area (Å²) in [5, 5.41) is 11.3. The lowest BCUT2D eigenvalue weighted by atomic mass is 10.2. The van der Waals surface area contributed by atoms with Crippen LogP contribution >= 0.6 is 0 Å². The Labute approximate surface area is 163 Å². The zero-order valence-electron chi connectivity index (χ0n) is 16.0. The van der Waals surface area contributed by atoms with Crippen molar-refractivity contribution in [1.29, 1.82) is 0 Å². The Morgan fingerprint density at radius 3 is 2.36 bits per heavy atom. The molecule has 0 spiro atoms. The van der Waals surface area contributed by atoms with Crippen LogP contribution in [0.15, 0.2) is 60.7 Å². The highest BCUT2D eigenvalue weighted by Gasteiger charge is 2.15. The van der Waals surface area contributed by atoms with Crippen molar-refractivity contribution in [3.63, 3.8) is 0 Å². The molecule has 28 heavy (non-hydrogen) atoms. The molecule has 0 bridgehead atoms. The van der Waals surface area contributed by atoms with Gasteiger partial charge in [-0.15, -0.1) is 10.2 Å². The molecule has 1 heterocycles. The van der Waals surface area contributed by atoms with Gasteiger partial charge < -0.3 is 19.7 Å². The van der Waals surface area contributed by atoms with Gasteiger partial charge in [0.1, 0.15) is 5.82 Å². The van der Waals surface area contributed by atoms with Crippen LogP contribution in [-0.4, -0.2) is 37.4 Å². The molecule has 0 fully saturated rings. The number of amides is 1. The molecular weight excluding hydrogens is 356 g/mol. The molecule has 0 aliphatic carbocycles. The number of anilines is 2. The first-order chi connectivity index (χ1) is 13.6. The van der Waals surface area contributed by atoms with E-state index in [2.05, 4.69) is 15.5 Å². The van der Waals surface area contributed by atoms with Gasteiger partial charge in [-0.3, -0.25) is 4.79 Å². The van der Waals surface area contributed by atoms with E-state index in [0.717, 1.165) is 11.3 Å². The first-order valence-electron chi connectivity index (χ1n) is 8.74. The summed E-state index contributed by atoms with van der Waals surface area (Å²) in [6.07, 6.45) is 0. The SMILES string of the molecule is COc1ccc(CNc2ccc(C(=O)N(C)c3ccccc3)nn2)cc1OC. The topological polar surface area (TPSA) is 76.6 Å². The van der Waals surface area contributed by atoms with Gasteiger partial charge >= 0.3 is 0 Å². The summed E-state index contributed by atoms with van der Waals surface area (Å²) in [7, 11) is 4.91. The van der Waals surface area contributed by atoms with Crippen LogP contribution in [0, 0.1) is 0 Å². The molecule has 1 amide bonds. The maximum Gasteiger partial charge on any atom is 0.278 e. The molecule has 0 atom stereocenters. The second-order valence-electron chi connectivity index (χ2n) is 6.05. The van der Waals surface area contributed by atoms with Crippen molar-refractivity contribution >= 4 is 17.4 Å². The Bertz CT molecular complexity index is 930. The number of benzene rings is 2. The van der Waals surface area contributed by atoms with Gasteiger partial charge in [-0.25, -0.2) is 0 Å². The third-order valence-electron chi connectivity index (χ3n) is 4.25. The summed E-state index contributed by atoms with van der Waals surface area (Å²) in [6.45, 7) is 0.534. The van der Waals surface area contributed by atoms with Crippen LogP contribution in [0.25, 0.3) is 0 Å². The zero-order valence-corrected chi connectivity index (χ0v) is 16.0. The molecule has 1 N–H and O–H groups in total. The molecule has 1 aromatic heterocycles. The first-order valence-corrected chi connectivity index (χ1v) is 8.74. The molecule has 7 nitrogen and oxygen atoms in total. The van der Waals surface area contributed by atoms with Crippen LogP contribution in [-0.2, 0) is 6.54 Å². The molecule has 0 aliphatic heterocycles. The Morgan fingerprint density at radius 2 is 1.71 bits per heavy atom. The highest BCUT2D eigenvalue weighted by molar-refractivity contribution is 6.04. The third-order valence-corrected chi connectivity index (χ3v) is 4.25. The molecule has 3 aromatic rings. The van der Waals surface area contributed by atoms with E-state index < -0.39 is 0 Å². The largest absolute Gasteiger partial charge is 0.493 e. The summed E-state index contributed by atoms with van der Waals surface area (Å²) < 4.78 is 10.5. The van der Waals surface area contributed by atoms with Crippen molar-refractivity contribution in [3.05, 3.63) is 71.9 Å².